The van der Waals surface area contributed by atoms with E-state index in [2.05, 4.69) is 0 Å². The van der Waals surface area contributed by atoms with Crippen molar-refractivity contribution in [1.29, 1.82) is 0 Å². The minimum atomic E-state index is -0.219. The third-order valence-electron chi connectivity index (χ3n) is 4.55. The van der Waals surface area contributed by atoms with Crippen LogP contribution in [0.3, 0.4) is 0 Å². The summed E-state index contributed by atoms with van der Waals surface area (Å²) in [7, 11) is 6.40. The fourth-order valence-corrected chi connectivity index (χ4v) is 3.11. The normalized spacial score (nSPS) is 14.9. The van der Waals surface area contributed by atoms with Gasteiger partial charge >= 0.3 is 0 Å². The molecule has 0 bridgehead atoms. The lowest BCUT2D eigenvalue weighted by Gasteiger charge is -2.29. The molecule has 1 heterocycles. The number of benzene rings is 2. The van der Waals surface area contributed by atoms with Gasteiger partial charge in [0.1, 0.15) is 6.61 Å². The van der Waals surface area contributed by atoms with Gasteiger partial charge in [0.25, 0.3) is 0 Å². The summed E-state index contributed by atoms with van der Waals surface area (Å²) >= 11 is 0. The van der Waals surface area contributed by atoms with Crippen molar-refractivity contribution in [2.75, 3.05) is 41.5 Å². The lowest BCUT2D eigenvalue weighted by Crippen LogP contribution is -2.42. The molecule has 0 saturated heterocycles. The predicted molar refractivity (Wildman–Crippen MR) is 104 cm³/mol. The molecule has 0 fully saturated rings. The average Bonchev–Trinajstić information content (AvgIpc) is 2.72. The molecule has 0 spiro atoms. The van der Waals surface area contributed by atoms with Gasteiger partial charge in [-0.25, -0.2) is 0 Å². The van der Waals surface area contributed by atoms with E-state index in [1.165, 1.54) is 0 Å². The van der Waals surface area contributed by atoms with Gasteiger partial charge in [0.2, 0.25) is 11.7 Å². The fraction of sp³-hybridized carbons (Fsp3) is 0.381. The summed E-state index contributed by atoms with van der Waals surface area (Å²) in [5.74, 6) is 2.92. The number of nitrogens with zero attached hydrogens (tertiary/aromatic N) is 1. The van der Waals surface area contributed by atoms with E-state index < -0.39 is 0 Å². The zero-order valence-corrected chi connectivity index (χ0v) is 16.6. The number of carbonyl (C=O) groups excluding carboxylic acids is 1. The minimum Gasteiger partial charge on any atom is -0.493 e. The molecule has 2 aromatic carbocycles. The van der Waals surface area contributed by atoms with Crippen LogP contribution < -0.4 is 23.7 Å². The van der Waals surface area contributed by atoms with Crippen molar-refractivity contribution in [1.82, 2.24) is 4.90 Å². The highest BCUT2D eigenvalue weighted by atomic mass is 16.6. The summed E-state index contributed by atoms with van der Waals surface area (Å²) < 4.78 is 27.7. The van der Waals surface area contributed by atoms with Crippen molar-refractivity contribution < 1.29 is 28.5 Å². The molecule has 3 rings (SSSR count). The van der Waals surface area contributed by atoms with Crippen molar-refractivity contribution in [3.05, 3.63) is 42.0 Å². The van der Waals surface area contributed by atoms with Crippen molar-refractivity contribution in [2.24, 2.45) is 0 Å². The lowest BCUT2D eigenvalue weighted by molar-refractivity contribution is -0.130. The second-order valence-corrected chi connectivity index (χ2v) is 6.48. The van der Waals surface area contributed by atoms with Gasteiger partial charge in [0.05, 0.1) is 34.3 Å². The van der Waals surface area contributed by atoms with Crippen LogP contribution in [0.5, 0.6) is 28.7 Å². The van der Waals surface area contributed by atoms with Gasteiger partial charge in [0.15, 0.2) is 29.1 Å². The van der Waals surface area contributed by atoms with Gasteiger partial charge in [0, 0.05) is 7.05 Å². The molecule has 1 aliphatic heterocycles. The van der Waals surface area contributed by atoms with E-state index in [9.17, 15) is 4.79 Å². The highest BCUT2D eigenvalue weighted by molar-refractivity contribution is 5.79. The summed E-state index contributed by atoms with van der Waals surface area (Å²) in [5, 5.41) is 0. The summed E-state index contributed by atoms with van der Waals surface area (Å²) in [4.78, 5) is 14.3. The number of rotatable bonds is 7. The van der Waals surface area contributed by atoms with Crippen LogP contribution >= 0.6 is 0 Å². The number of para-hydroxylation sites is 2. The topological polar surface area (TPSA) is 66.5 Å². The van der Waals surface area contributed by atoms with E-state index >= 15 is 0 Å². The molecule has 1 aliphatic rings. The second-order valence-electron chi connectivity index (χ2n) is 6.48. The van der Waals surface area contributed by atoms with Crippen LogP contribution in [0.25, 0.3) is 0 Å². The number of hydrogen-bond acceptors (Lipinski definition) is 6. The van der Waals surface area contributed by atoms with E-state index in [1.807, 2.05) is 24.3 Å². The van der Waals surface area contributed by atoms with Crippen LogP contribution in [-0.4, -0.2) is 58.4 Å². The first-order valence-electron chi connectivity index (χ1n) is 8.97. The largest absolute Gasteiger partial charge is 0.493 e. The quantitative estimate of drug-likeness (QED) is 0.728. The molecule has 1 amide bonds. The van der Waals surface area contributed by atoms with E-state index in [1.54, 1.807) is 45.4 Å². The molecule has 2 aromatic rings. The third kappa shape index (κ3) is 4.24. The molecule has 0 aromatic heterocycles. The molecule has 0 radical (unpaired) electrons. The summed E-state index contributed by atoms with van der Waals surface area (Å²) in [5.41, 5.74) is 0.775. The number of amides is 1. The summed E-state index contributed by atoms with van der Waals surface area (Å²) in [6.45, 7) is 0.830. The van der Waals surface area contributed by atoms with E-state index in [-0.39, 0.29) is 18.4 Å². The summed E-state index contributed by atoms with van der Waals surface area (Å²) in [6.07, 6.45) is -0.0130. The Bertz CT molecular complexity index is 812. The molecule has 0 saturated carbocycles. The molecule has 1 atom stereocenters. The van der Waals surface area contributed by atoms with Crippen molar-refractivity contribution in [3.63, 3.8) is 0 Å². The SMILES string of the molecule is COc1cc(CC(=O)N(C)CC2COc3ccccc3O2)cc(OC)c1OC. The number of likely N-dealkylation sites (N-methyl/N-ethyl adjacent to an activating group) is 1. The van der Waals surface area contributed by atoms with E-state index in [4.69, 9.17) is 23.7 Å². The highest BCUT2D eigenvalue weighted by Crippen LogP contribution is 2.38. The molecular weight excluding hydrogens is 362 g/mol. The Morgan fingerprint density at radius 1 is 1.07 bits per heavy atom. The maximum absolute atomic E-state index is 12.7. The maximum Gasteiger partial charge on any atom is 0.226 e. The third-order valence-corrected chi connectivity index (χ3v) is 4.55. The smallest absolute Gasteiger partial charge is 0.226 e. The van der Waals surface area contributed by atoms with Gasteiger partial charge in [-0.05, 0) is 29.8 Å². The van der Waals surface area contributed by atoms with Crippen molar-refractivity contribution >= 4 is 5.91 Å². The van der Waals surface area contributed by atoms with Crippen molar-refractivity contribution in [3.8, 4) is 28.7 Å². The summed E-state index contributed by atoms with van der Waals surface area (Å²) in [6, 6.07) is 11.1. The van der Waals surface area contributed by atoms with Gasteiger partial charge in [-0.15, -0.1) is 0 Å². The molecule has 1 unspecified atom stereocenters. The Morgan fingerprint density at radius 2 is 1.71 bits per heavy atom. The number of carbonyl (C=O) groups is 1. The number of ether oxygens (including phenoxy) is 5. The molecule has 28 heavy (non-hydrogen) atoms. The van der Waals surface area contributed by atoms with Gasteiger partial charge in [-0.1, -0.05) is 12.1 Å². The highest BCUT2D eigenvalue weighted by Gasteiger charge is 2.24. The average molecular weight is 387 g/mol. The van der Waals surface area contributed by atoms with Crippen molar-refractivity contribution in [2.45, 2.75) is 12.5 Å². The molecular formula is C21H25NO6. The van der Waals surface area contributed by atoms with Crippen LogP contribution in [0, 0.1) is 0 Å². The van der Waals surface area contributed by atoms with E-state index in [0.717, 1.165) is 11.3 Å². The lowest BCUT2D eigenvalue weighted by atomic mass is 10.1. The Hall–Kier alpha value is -3.09. The first-order chi connectivity index (χ1) is 13.5. The Balaban J connectivity index is 1.65. The maximum atomic E-state index is 12.7. The second kappa shape index (κ2) is 8.73. The Kier molecular flexibility index (Phi) is 6.13. The molecule has 150 valence electrons. The predicted octanol–water partition coefficient (Wildman–Crippen LogP) is 2.55. The molecule has 0 N–H and O–H groups in total. The van der Waals surface area contributed by atoms with E-state index in [0.29, 0.717) is 36.1 Å². The molecule has 7 nitrogen and oxygen atoms in total. The van der Waals surface area contributed by atoms with Gasteiger partial charge < -0.3 is 28.6 Å². The number of fused-ring (bicyclic) bond motifs is 1. The van der Waals surface area contributed by atoms with Crippen LogP contribution in [-0.2, 0) is 11.2 Å². The zero-order chi connectivity index (χ0) is 20.1. The monoisotopic (exact) mass is 387 g/mol. The van der Waals surface area contributed by atoms with Crippen LogP contribution in [0.1, 0.15) is 5.56 Å². The van der Waals surface area contributed by atoms with Crippen LogP contribution in [0.4, 0.5) is 0 Å². The van der Waals surface area contributed by atoms with Crippen LogP contribution in [0.2, 0.25) is 0 Å². The molecule has 0 aliphatic carbocycles. The molecule has 7 heteroatoms. The standard InChI is InChI=1S/C21H25NO6/c1-22(12-15-13-27-16-7-5-6-8-17(16)28-15)20(23)11-14-9-18(24-2)21(26-4)19(10-14)25-3/h5-10,15H,11-13H2,1-4H3. The first-order valence-corrected chi connectivity index (χ1v) is 8.97. The zero-order valence-electron chi connectivity index (χ0n) is 16.6. The first kappa shape index (κ1) is 19.7. The number of methoxy groups -OCH3 is 3. The number of hydrogen-bond donors (Lipinski definition) is 0. The Morgan fingerprint density at radius 3 is 2.32 bits per heavy atom. The van der Waals surface area contributed by atoms with Gasteiger partial charge in [-0.2, -0.15) is 0 Å². The minimum absolute atomic E-state index is 0.0447. The van der Waals surface area contributed by atoms with Crippen LogP contribution in [0.15, 0.2) is 36.4 Å². The Labute approximate surface area is 164 Å². The van der Waals surface area contributed by atoms with Gasteiger partial charge in [-0.3, -0.25) is 4.79 Å². The fourth-order valence-electron chi connectivity index (χ4n) is 3.11.